The monoisotopic (exact) mass is 407 g/mol. The number of amides is 1. The number of rotatable bonds is 4. The van der Waals surface area contributed by atoms with Crippen LogP contribution in [0.1, 0.15) is 16.7 Å². The maximum atomic E-state index is 12.9. The molecule has 3 aromatic rings. The Hall–Kier alpha value is -3.61. The van der Waals surface area contributed by atoms with Crippen LogP contribution < -0.4 is 10.4 Å². The molecule has 7 heteroatoms. The van der Waals surface area contributed by atoms with E-state index in [1.807, 2.05) is 31.2 Å². The highest BCUT2D eigenvalue weighted by Crippen LogP contribution is 2.25. The molecule has 154 valence electrons. The highest BCUT2D eigenvalue weighted by molar-refractivity contribution is 5.86. The van der Waals surface area contributed by atoms with Crippen molar-refractivity contribution in [3.8, 4) is 5.75 Å². The maximum absolute atomic E-state index is 12.9. The van der Waals surface area contributed by atoms with Gasteiger partial charge in [-0.25, -0.2) is 9.59 Å². The molecule has 2 heterocycles. The Morgan fingerprint density at radius 1 is 1.13 bits per heavy atom. The van der Waals surface area contributed by atoms with Gasteiger partial charge in [0.15, 0.2) is 6.61 Å². The van der Waals surface area contributed by atoms with E-state index in [-0.39, 0.29) is 12.5 Å². The van der Waals surface area contributed by atoms with Gasteiger partial charge in [0, 0.05) is 30.5 Å². The number of ether oxygens (including phenoxy) is 2. The first-order valence-corrected chi connectivity index (χ1v) is 9.57. The van der Waals surface area contributed by atoms with Crippen LogP contribution in [0, 0.1) is 6.92 Å². The van der Waals surface area contributed by atoms with Crippen molar-refractivity contribution in [2.75, 3.05) is 13.7 Å². The third-order valence-electron chi connectivity index (χ3n) is 5.33. The smallest absolute Gasteiger partial charge is 0.336 e. The molecule has 0 spiro atoms. The van der Waals surface area contributed by atoms with Crippen molar-refractivity contribution < 1.29 is 23.5 Å². The number of esters is 1. The van der Waals surface area contributed by atoms with Gasteiger partial charge in [-0.05, 0) is 35.7 Å². The minimum absolute atomic E-state index is 0.253. The normalized spacial score (nSPS) is 15.5. The summed E-state index contributed by atoms with van der Waals surface area (Å²) in [6.45, 7) is 1.88. The summed E-state index contributed by atoms with van der Waals surface area (Å²) in [5.74, 6) is -0.386. The molecule has 0 bridgehead atoms. The number of nitrogens with zero attached hydrogens (tertiary/aromatic N) is 1. The van der Waals surface area contributed by atoms with Gasteiger partial charge in [-0.2, -0.15) is 0 Å². The maximum Gasteiger partial charge on any atom is 0.336 e. The van der Waals surface area contributed by atoms with E-state index in [1.165, 1.54) is 18.1 Å². The standard InChI is InChI=1S/C23H21NO6/c1-14-9-22(26)30-20-11-17(7-8-18(14)20)29-13-21(25)24-12-16-6-4-3-5-15(16)10-19(24)23(27)28-2/h3-9,11,19H,10,12-13H2,1-2H3/t19-/m0/s1. The summed E-state index contributed by atoms with van der Waals surface area (Å²) in [6, 6.07) is 13.5. The fourth-order valence-electron chi connectivity index (χ4n) is 3.75. The highest BCUT2D eigenvalue weighted by atomic mass is 16.5. The quantitative estimate of drug-likeness (QED) is 0.488. The first-order valence-electron chi connectivity index (χ1n) is 9.57. The molecule has 1 amide bonds. The second kappa shape index (κ2) is 8.02. The van der Waals surface area contributed by atoms with Crippen LogP contribution in [-0.4, -0.2) is 36.5 Å². The summed E-state index contributed by atoms with van der Waals surface area (Å²) in [5, 5.41) is 0.798. The number of aryl methyl sites for hydroxylation is 1. The molecule has 1 atom stereocenters. The van der Waals surface area contributed by atoms with Crippen LogP contribution in [0.3, 0.4) is 0 Å². The van der Waals surface area contributed by atoms with Crippen LogP contribution >= 0.6 is 0 Å². The molecule has 2 aromatic carbocycles. The molecule has 1 aliphatic heterocycles. The topological polar surface area (TPSA) is 86.0 Å². The zero-order valence-electron chi connectivity index (χ0n) is 16.7. The molecule has 4 rings (SSSR count). The fraction of sp³-hybridized carbons (Fsp3) is 0.261. The molecule has 30 heavy (non-hydrogen) atoms. The molecular formula is C23H21NO6. The number of hydrogen-bond donors (Lipinski definition) is 0. The molecule has 0 aliphatic carbocycles. The predicted molar refractivity (Wildman–Crippen MR) is 109 cm³/mol. The second-order valence-corrected chi connectivity index (χ2v) is 7.23. The van der Waals surface area contributed by atoms with Gasteiger partial charge < -0.3 is 18.8 Å². The SMILES string of the molecule is COC(=O)[C@@H]1Cc2ccccc2CN1C(=O)COc1ccc2c(C)cc(=O)oc2c1. The van der Waals surface area contributed by atoms with Crippen molar-refractivity contribution in [2.24, 2.45) is 0 Å². The Bertz CT molecular complexity index is 1180. The van der Waals surface area contributed by atoms with Crippen molar-refractivity contribution in [2.45, 2.75) is 25.9 Å². The number of methoxy groups -OCH3 is 1. The lowest BCUT2D eigenvalue weighted by atomic mass is 9.94. The van der Waals surface area contributed by atoms with Crippen LogP contribution in [0.25, 0.3) is 11.0 Å². The molecule has 1 aliphatic rings. The molecule has 0 radical (unpaired) electrons. The van der Waals surface area contributed by atoms with E-state index in [2.05, 4.69) is 0 Å². The Labute approximate surface area is 172 Å². The van der Waals surface area contributed by atoms with Crippen LogP contribution in [0.2, 0.25) is 0 Å². The minimum atomic E-state index is -0.696. The van der Waals surface area contributed by atoms with Gasteiger partial charge in [-0.1, -0.05) is 24.3 Å². The highest BCUT2D eigenvalue weighted by Gasteiger charge is 2.35. The Morgan fingerprint density at radius 3 is 2.67 bits per heavy atom. The lowest BCUT2D eigenvalue weighted by Crippen LogP contribution is -2.50. The van der Waals surface area contributed by atoms with Crippen molar-refractivity contribution in [1.29, 1.82) is 0 Å². The average molecular weight is 407 g/mol. The van der Waals surface area contributed by atoms with E-state index in [4.69, 9.17) is 13.9 Å². The van der Waals surface area contributed by atoms with E-state index >= 15 is 0 Å². The summed E-state index contributed by atoms with van der Waals surface area (Å²) in [6.07, 6.45) is 0.398. The Morgan fingerprint density at radius 2 is 1.90 bits per heavy atom. The van der Waals surface area contributed by atoms with E-state index in [9.17, 15) is 14.4 Å². The van der Waals surface area contributed by atoms with Gasteiger partial charge in [0.25, 0.3) is 5.91 Å². The first kappa shape index (κ1) is 19.7. The number of fused-ring (bicyclic) bond motifs is 2. The third-order valence-corrected chi connectivity index (χ3v) is 5.33. The zero-order valence-corrected chi connectivity index (χ0v) is 16.7. The molecule has 0 fully saturated rings. The lowest BCUT2D eigenvalue weighted by Gasteiger charge is -2.35. The summed E-state index contributed by atoms with van der Waals surface area (Å²) < 4.78 is 15.8. The molecule has 0 N–H and O–H groups in total. The minimum Gasteiger partial charge on any atom is -0.484 e. The van der Waals surface area contributed by atoms with Crippen LogP contribution in [0.4, 0.5) is 0 Å². The van der Waals surface area contributed by atoms with E-state index in [0.717, 1.165) is 22.1 Å². The van der Waals surface area contributed by atoms with Gasteiger partial charge in [0.05, 0.1) is 7.11 Å². The average Bonchev–Trinajstić information content (AvgIpc) is 2.75. The molecule has 7 nitrogen and oxygen atoms in total. The Balaban J connectivity index is 1.53. The van der Waals surface area contributed by atoms with Gasteiger partial charge in [0.1, 0.15) is 17.4 Å². The fourth-order valence-corrected chi connectivity index (χ4v) is 3.75. The first-order chi connectivity index (χ1) is 14.5. The molecular weight excluding hydrogens is 386 g/mol. The van der Waals surface area contributed by atoms with Crippen LogP contribution in [0.15, 0.2) is 57.7 Å². The van der Waals surface area contributed by atoms with Crippen molar-refractivity contribution >= 4 is 22.8 Å². The van der Waals surface area contributed by atoms with Crippen LogP contribution in [0.5, 0.6) is 5.75 Å². The van der Waals surface area contributed by atoms with Crippen molar-refractivity contribution in [1.82, 2.24) is 4.90 Å². The molecule has 0 saturated heterocycles. The van der Waals surface area contributed by atoms with Crippen molar-refractivity contribution in [3.63, 3.8) is 0 Å². The summed E-state index contributed by atoms with van der Waals surface area (Å²) in [4.78, 5) is 38.3. The number of benzene rings is 2. The largest absolute Gasteiger partial charge is 0.484 e. The summed E-state index contributed by atoms with van der Waals surface area (Å²) >= 11 is 0. The van der Waals surface area contributed by atoms with Gasteiger partial charge in [0.2, 0.25) is 0 Å². The molecule has 0 saturated carbocycles. The second-order valence-electron chi connectivity index (χ2n) is 7.23. The van der Waals surface area contributed by atoms with E-state index < -0.39 is 17.6 Å². The molecule has 1 aromatic heterocycles. The zero-order chi connectivity index (χ0) is 21.3. The van der Waals surface area contributed by atoms with Gasteiger partial charge in [-0.15, -0.1) is 0 Å². The van der Waals surface area contributed by atoms with Crippen LogP contribution in [-0.2, 0) is 27.3 Å². The van der Waals surface area contributed by atoms with Gasteiger partial charge in [-0.3, -0.25) is 4.79 Å². The van der Waals surface area contributed by atoms with Gasteiger partial charge >= 0.3 is 11.6 Å². The summed E-state index contributed by atoms with van der Waals surface area (Å²) in [5.41, 5.74) is 2.77. The number of carbonyl (C=O) groups is 2. The third kappa shape index (κ3) is 3.78. The van der Waals surface area contributed by atoms with E-state index in [1.54, 1.807) is 18.2 Å². The summed E-state index contributed by atoms with van der Waals surface area (Å²) in [7, 11) is 1.31. The number of carbonyl (C=O) groups excluding carboxylic acids is 2. The molecule has 0 unspecified atom stereocenters. The predicted octanol–water partition coefficient (Wildman–Crippen LogP) is 2.61. The number of hydrogen-bond acceptors (Lipinski definition) is 6. The van der Waals surface area contributed by atoms with Crippen molar-refractivity contribution in [3.05, 3.63) is 75.6 Å². The Kier molecular flexibility index (Phi) is 5.27. The van der Waals surface area contributed by atoms with E-state index in [0.29, 0.717) is 24.3 Å². The lowest BCUT2D eigenvalue weighted by molar-refractivity contribution is -0.154.